The number of ether oxygens (including phenoxy) is 1. The van der Waals surface area contributed by atoms with Gasteiger partial charge in [0, 0.05) is 19.3 Å². The zero-order chi connectivity index (χ0) is 12.1. The van der Waals surface area contributed by atoms with Crippen molar-refractivity contribution in [2.24, 2.45) is 5.92 Å². The topological polar surface area (TPSA) is 62.7 Å². The molecular formula is C11H16N2O3. The van der Waals surface area contributed by atoms with Crippen molar-refractivity contribution in [2.45, 2.75) is 13.8 Å². The van der Waals surface area contributed by atoms with Crippen molar-refractivity contribution in [1.29, 1.82) is 0 Å². The van der Waals surface area contributed by atoms with E-state index in [0.717, 1.165) is 4.90 Å². The third-order valence-corrected chi connectivity index (χ3v) is 1.93. The Morgan fingerprint density at radius 1 is 1.62 bits per heavy atom. The molecule has 0 aliphatic carbocycles. The fourth-order valence-electron chi connectivity index (χ4n) is 1.03. The van der Waals surface area contributed by atoms with E-state index >= 15 is 0 Å². The molecule has 1 N–H and O–H groups in total. The highest BCUT2D eigenvalue weighted by Gasteiger charge is 2.10. The van der Waals surface area contributed by atoms with Gasteiger partial charge in [0.15, 0.2) is 0 Å². The molecule has 0 radical (unpaired) electrons. The summed E-state index contributed by atoms with van der Waals surface area (Å²) >= 11 is 0. The van der Waals surface area contributed by atoms with Gasteiger partial charge in [0.25, 0.3) is 0 Å². The maximum atomic E-state index is 10.7. The third kappa shape index (κ3) is 3.42. The summed E-state index contributed by atoms with van der Waals surface area (Å²) < 4.78 is 5.48. The summed E-state index contributed by atoms with van der Waals surface area (Å²) in [6.45, 7) is 4.69. The number of amides is 1. The van der Waals surface area contributed by atoms with Gasteiger partial charge in [-0.15, -0.1) is 0 Å². The molecule has 1 amide bonds. The van der Waals surface area contributed by atoms with E-state index in [2.05, 4.69) is 4.98 Å². The second kappa shape index (κ2) is 5.34. The van der Waals surface area contributed by atoms with Crippen molar-refractivity contribution in [3.05, 3.63) is 18.3 Å². The van der Waals surface area contributed by atoms with Crippen LogP contribution in [0.1, 0.15) is 13.8 Å². The first-order valence-electron chi connectivity index (χ1n) is 5.06. The Morgan fingerprint density at radius 2 is 2.31 bits per heavy atom. The van der Waals surface area contributed by atoms with Crippen molar-refractivity contribution in [3.8, 4) is 5.75 Å². The molecule has 0 unspecified atom stereocenters. The molecule has 1 heterocycles. The Labute approximate surface area is 94.7 Å². The number of hydrogen-bond donors (Lipinski definition) is 1. The molecule has 5 heteroatoms. The summed E-state index contributed by atoms with van der Waals surface area (Å²) in [7, 11) is 1.44. The van der Waals surface area contributed by atoms with Crippen LogP contribution in [0.4, 0.5) is 10.6 Å². The van der Waals surface area contributed by atoms with Crippen LogP contribution in [0.15, 0.2) is 18.3 Å². The highest BCUT2D eigenvalue weighted by molar-refractivity contribution is 5.84. The van der Waals surface area contributed by atoms with Gasteiger partial charge in [-0.3, -0.25) is 4.90 Å². The van der Waals surface area contributed by atoms with Gasteiger partial charge in [-0.05, 0) is 12.0 Å². The summed E-state index contributed by atoms with van der Waals surface area (Å²) in [6, 6.07) is 3.32. The Hall–Kier alpha value is -1.78. The second-order valence-corrected chi connectivity index (χ2v) is 3.90. The van der Waals surface area contributed by atoms with Crippen LogP contribution in [-0.2, 0) is 0 Å². The maximum Gasteiger partial charge on any atom is 0.412 e. The fourth-order valence-corrected chi connectivity index (χ4v) is 1.03. The Bertz CT molecular complexity index is 366. The standard InChI is InChI=1S/C11H16N2O3/c1-8(2)7-16-9-4-5-12-10(6-9)13(3)11(14)15/h4-6,8H,7H2,1-3H3,(H,14,15). The lowest BCUT2D eigenvalue weighted by atomic mass is 10.2. The van der Waals surface area contributed by atoms with E-state index in [0.29, 0.717) is 24.1 Å². The molecule has 0 aliphatic heterocycles. The van der Waals surface area contributed by atoms with E-state index in [1.807, 2.05) is 13.8 Å². The van der Waals surface area contributed by atoms with Gasteiger partial charge in [-0.2, -0.15) is 0 Å². The highest BCUT2D eigenvalue weighted by atomic mass is 16.5. The van der Waals surface area contributed by atoms with Crippen molar-refractivity contribution in [3.63, 3.8) is 0 Å². The first-order chi connectivity index (χ1) is 7.50. The highest BCUT2D eigenvalue weighted by Crippen LogP contribution is 2.17. The fraction of sp³-hybridized carbons (Fsp3) is 0.455. The minimum absolute atomic E-state index is 0.355. The lowest BCUT2D eigenvalue weighted by Crippen LogP contribution is -2.24. The zero-order valence-corrected chi connectivity index (χ0v) is 9.67. The average molecular weight is 224 g/mol. The molecular weight excluding hydrogens is 208 g/mol. The van der Waals surface area contributed by atoms with Crippen LogP contribution in [0.3, 0.4) is 0 Å². The average Bonchev–Trinajstić information content (AvgIpc) is 2.25. The minimum Gasteiger partial charge on any atom is -0.493 e. The summed E-state index contributed by atoms with van der Waals surface area (Å²) in [6.07, 6.45) is 0.484. The van der Waals surface area contributed by atoms with Crippen LogP contribution in [0.5, 0.6) is 5.75 Å². The molecule has 1 aromatic rings. The third-order valence-electron chi connectivity index (χ3n) is 1.93. The molecule has 0 fully saturated rings. The van der Waals surface area contributed by atoms with Crippen molar-refractivity contribution in [1.82, 2.24) is 4.98 Å². The Balaban J connectivity index is 2.74. The van der Waals surface area contributed by atoms with Crippen LogP contribution in [0.25, 0.3) is 0 Å². The van der Waals surface area contributed by atoms with E-state index in [1.54, 1.807) is 12.1 Å². The van der Waals surface area contributed by atoms with E-state index in [9.17, 15) is 4.79 Å². The lowest BCUT2D eigenvalue weighted by molar-refractivity contribution is 0.203. The van der Waals surface area contributed by atoms with Crippen molar-refractivity contribution in [2.75, 3.05) is 18.6 Å². The second-order valence-electron chi connectivity index (χ2n) is 3.90. The van der Waals surface area contributed by atoms with E-state index in [4.69, 9.17) is 9.84 Å². The molecule has 0 saturated carbocycles. The SMILES string of the molecule is CC(C)COc1ccnc(N(C)C(=O)O)c1. The Kier molecular flexibility index (Phi) is 4.10. The predicted molar refractivity (Wildman–Crippen MR) is 61.0 cm³/mol. The van der Waals surface area contributed by atoms with E-state index in [1.165, 1.54) is 13.2 Å². The molecule has 0 aromatic carbocycles. The number of anilines is 1. The molecule has 1 aromatic heterocycles. The number of hydrogen-bond acceptors (Lipinski definition) is 3. The predicted octanol–water partition coefficient (Wildman–Crippen LogP) is 2.23. The molecule has 0 atom stereocenters. The number of aromatic nitrogens is 1. The number of carbonyl (C=O) groups is 1. The smallest absolute Gasteiger partial charge is 0.412 e. The Morgan fingerprint density at radius 3 is 2.88 bits per heavy atom. The molecule has 0 aliphatic rings. The van der Waals surface area contributed by atoms with E-state index < -0.39 is 6.09 Å². The summed E-state index contributed by atoms with van der Waals surface area (Å²) in [5.41, 5.74) is 0. The lowest BCUT2D eigenvalue weighted by Gasteiger charge is -2.13. The first-order valence-corrected chi connectivity index (χ1v) is 5.06. The van der Waals surface area contributed by atoms with Gasteiger partial charge in [-0.1, -0.05) is 13.8 Å². The summed E-state index contributed by atoms with van der Waals surface area (Å²) in [5, 5.41) is 8.79. The number of carboxylic acid groups (broad SMARTS) is 1. The normalized spacial score (nSPS) is 10.2. The van der Waals surface area contributed by atoms with Gasteiger partial charge >= 0.3 is 6.09 Å². The zero-order valence-electron chi connectivity index (χ0n) is 9.67. The molecule has 0 spiro atoms. The van der Waals surface area contributed by atoms with Gasteiger partial charge < -0.3 is 9.84 Å². The van der Waals surface area contributed by atoms with Crippen LogP contribution in [0.2, 0.25) is 0 Å². The quantitative estimate of drug-likeness (QED) is 0.851. The monoisotopic (exact) mass is 224 g/mol. The first kappa shape index (κ1) is 12.3. The van der Waals surface area contributed by atoms with Crippen molar-refractivity contribution < 1.29 is 14.6 Å². The van der Waals surface area contributed by atoms with Crippen LogP contribution < -0.4 is 9.64 Å². The number of pyridine rings is 1. The van der Waals surface area contributed by atoms with E-state index in [-0.39, 0.29) is 0 Å². The minimum atomic E-state index is -1.05. The van der Waals surface area contributed by atoms with Gasteiger partial charge in [0.2, 0.25) is 0 Å². The molecule has 88 valence electrons. The maximum absolute atomic E-state index is 10.7. The van der Waals surface area contributed by atoms with Crippen LogP contribution in [0, 0.1) is 5.92 Å². The molecule has 1 rings (SSSR count). The van der Waals surface area contributed by atoms with Gasteiger partial charge in [0.1, 0.15) is 11.6 Å². The summed E-state index contributed by atoms with van der Waals surface area (Å²) in [4.78, 5) is 15.7. The van der Waals surface area contributed by atoms with Crippen LogP contribution >= 0.6 is 0 Å². The molecule has 0 saturated heterocycles. The number of rotatable bonds is 4. The summed E-state index contributed by atoms with van der Waals surface area (Å²) in [5.74, 6) is 1.41. The van der Waals surface area contributed by atoms with Gasteiger partial charge in [-0.25, -0.2) is 9.78 Å². The largest absolute Gasteiger partial charge is 0.493 e. The molecule has 5 nitrogen and oxygen atoms in total. The van der Waals surface area contributed by atoms with Crippen LogP contribution in [-0.4, -0.2) is 29.8 Å². The molecule has 16 heavy (non-hydrogen) atoms. The van der Waals surface area contributed by atoms with Gasteiger partial charge in [0.05, 0.1) is 6.61 Å². The van der Waals surface area contributed by atoms with Crippen molar-refractivity contribution >= 4 is 11.9 Å². The molecule has 0 bridgehead atoms. The number of nitrogens with zero attached hydrogens (tertiary/aromatic N) is 2.